The molecule has 0 fully saturated rings. The molecule has 0 radical (unpaired) electrons. The van der Waals surface area contributed by atoms with E-state index >= 15 is 0 Å². The van der Waals surface area contributed by atoms with Crippen LogP contribution in [0.4, 0.5) is 0 Å². The van der Waals surface area contributed by atoms with Crippen molar-refractivity contribution >= 4 is 12.3 Å². The third kappa shape index (κ3) is 18.9. The summed E-state index contributed by atoms with van der Waals surface area (Å²) in [5, 5.41) is 0. The zero-order valence-electron chi connectivity index (χ0n) is 15.8. The minimum Gasteiger partial charge on any atom is -0.465 e. The fraction of sp³-hybridized carbons (Fsp3) is 0.810. The van der Waals surface area contributed by atoms with Crippen LogP contribution in [0.5, 0.6) is 0 Å². The van der Waals surface area contributed by atoms with E-state index in [0.29, 0.717) is 12.9 Å². The minimum atomic E-state index is -0.405. The summed E-state index contributed by atoms with van der Waals surface area (Å²) >= 11 is 0. The quantitative estimate of drug-likeness (QED) is 0.0988. The van der Waals surface area contributed by atoms with Crippen LogP contribution in [0.3, 0.4) is 0 Å². The molecule has 0 aromatic carbocycles. The number of allylic oxidation sites excluding steroid dienone is 2. The monoisotopic (exact) mass is 338 g/mol. The molecule has 24 heavy (non-hydrogen) atoms. The lowest BCUT2D eigenvalue weighted by Crippen LogP contribution is -2.05. The SMILES string of the molecule is CCCCCCCCC=CCCCCCCCCOC(=O)CC=O. The average Bonchev–Trinajstić information content (AvgIpc) is 2.58. The first kappa shape index (κ1) is 22.9. The van der Waals surface area contributed by atoms with Crippen LogP contribution in [0.2, 0.25) is 0 Å². The van der Waals surface area contributed by atoms with Crippen LogP contribution in [0.15, 0.2) is 12.2 Å². The second kappa shape index (κ2) is 19.9. The molecule has 0 aliphatic carbocycles. The molecule has 0 rings (SSSR count). The first-order chi connectivity index (χ1) is 11.8. The molecule has 0 N–H and O–H groups in total. The van der Waals surface area contributed by atoms with Crippen LogP contribution < -0.4 is 0 Å². The standard InChI is InChI=1S/C21H38O3/c1-2-3-4-5-6-7-8-9-10-11-12-13-14-15-16-17-20-24-21(23)18-19-22/h9-10,19H,2-8,11-18,20H2,1H3. The molecular weight excluding hydrogens is 300 g/mol. The zero-order valence-corrected chi connectivity index (χ0v) is 15.8. The molecule has 3 nitrogen and oxygen atoms in total. The zero-order chi connectivity index (χ0) is 17.7. The number of hydrogen-bond acceptors (Lipinski definition) is 3. The van der Waals surface area contributed by atoms with E-state index in [4.69, 9.17) is 4.74 Å². The van der Waals surface area contributed by atoms with Crippen LogP contribution in [0.1, 0.15) is 103 Å². The van der Waals surface area contributed by atoms with Crippen LogP contribution in [-0.2, 0) is 14.3 Å². The third-order valence-electron chi connectivity index (χ3n) is 4.17. The van der Waals surface area contributed by atoms with Crippen molar-refractivity contribution < 1.29 is 14.3 Å². The van der Waals surface area contributed by atoms with Crippen LogP contribution in [-0.4, -0.2) is 18.9 Å². The van der Waals surface area contributed by atoms with E-state index in [-0.39, 0.29) is 6.42 Å². The van der Waals surface area contributed by atoms with E-state index in [2.05, 4.69) is 19.1 Å². The Kier molecular flexibility index (Phi) is 19.0. The van der Waals surface area contributed by atoms with Crippen molar-refractivity contribution in [3.63, 3.8) is 0 Å². The maximum absolute atomic E-state index is 10.9. The number of ether oxygens (including phenoxy) is 1. The first-order valence-electron chi connectivity index (χ1n) is 10.1. The van der Waals surface area contributed by atoms with Gasteiger partial charge in [0, 0.05) is 0 Å². The number of aldehydes is 1. The fourth-order valence-electron chi connectivity index (χ4n) is 2.66. The van der Waals surface area contributed by atoms with Crippen molar-refractivity contribution in [1.82, 2.24) is 0 Å². The van der Waals surface area contributed by atoms with Crippen LogP contribution in [0.25, 0.3) is 0 Å². The summed E-state index contributed by atoms with van der Waals surface area (Å²) in [5.41, 5.74) is 0. The first-order valence-corrected chi connectivity index (χ1v) is 10.1. The molecule has 3 heteroatoms. The maximum Gasteiger partial charge on any atom is 0.313 e. The topological polar surface area (TPSA) is 43.4 Å². The molecule has 0 heterocycles. The summed E-state index contributed by atoms with van der Waals surface area (Å²) < 4.78 is 4.92. The maximum atomic E-state index is 10.9. The van der Waals surface area contributed by atoms with E-state index in [9.17, 15) is 9.59 Å². The minimum absolute atomic E-state index is 0.119. The lowest BCUT2D eigenvalue weighted by Gasteiger charge is -2.03. The van der Waals surface area contributed by atoms with E-state index in [1.54, 1.807) is 0 Å². The number of carbonyl (C=O) groups excluding carboxylic acids is 2. The molecule has 140 valence electrons. The second-order valence-corrected chi connectivity index (χ2v) is 6.53. The van der Waals surface area contributed by atoms with Gasteiger partial charge in [-0.05, 0) is 32.1 Å². The van der Waals surface area contributed by atoms with Gasteiger partial charge >= 0.3 is 5.97 Å². The van der Waals surface area contributed by atoms with Gasteiger partial charge in [0.05, 0.1) is 6.61 Å². The lowest BCUT2D eigenvalue weighted by molar-refractivity contribution is -0.144. The summed E-state index contributed by atoms with van der Waals surface area (Å²) in [6.45, 7) is 2.71. The molecule has 0 spiro atoms. The van der Waals surface area contributed by atoms with Gasteiger partial charge in [0.1, 0.15) is 12.7 Å². The van der Waals surface area contributed by atoms with Gasteiger partial charge in [-0.2, -0.15) is 0 Å². The van der Waals surface area contributed by atoms with Gasteiger partial charge in [0.15, 0.2) is 0 Å². The van der Waals surface area contributed by atoms with Crippen molar-refractivity contribution in [2.75, 3.05) is 6.61 Å². The summed E-state index contributed by atoms with van der Waals surface area (Å²) in [6.07, 6.45) is 22.9. The Morgan fingerprint density at radius 1 is 0.750 bits per heavy atom. The smallest absolute Gasteiger partial charge is 0.313 e. The van der Waals surface area contributed by atoms with Gasteiger partial charge in [0.2, 0.25) is 0 Å². The third-order valence-corrected chi connectivity index (χ3v) is 4.17. The van der Waals surface area contributed by atoms with Gasteiger partial charge in [-0.25, -0.2) is 0 Å². The molecule has 0 bridgehead atoms. The predicted molar refractivity (Wildman–Crippen MR) is 101 cm³/mol. The number of unbranched alkanes of at least 4 members (excludes halogenated alkanes) is 12. The number of carbonyl (C=O) groups is 2. The molecule has 0 aromatic heterocycles. The Balaban J connectivity index is 3.12. The Morgan fingerprint density at radius 3 is 1.79 bits per heavy atom. The van der Waals surface area contributed by atoms with E-state index in [0.717, 1.165) is 12.8 Å². The van der Waals surface area contributed by atoms with Crippen molar-refractivity contribution in [2.24, 2.45) is 0 Å². The molecule has 0 amide bonds. The Hall–Kier alpha value is -1.12. The van der Waals surface area contributed by atoms with Gasteiger partial charge in [0.25, 0.3) is 0 Å². The van der Waals surface area contributed by atoms with Crippen molar-refractivity contribution in [3.05, 3.63) is 12.2 Å². The number of rotatable bonds is 18. The van der Waals surface area contributed by atoms with Crippen molar-refractivity contribution in [2.45, 2.75) is 103 Å². The average molecular weight is 339 g/mol. The van der Waals surface area contributed by atoms with Crippen LogP contribution in [0, 0.1) is 0 Å². The largest absolute Gasteiger partial charge is 0.465 e. The molecule has 0 saturated heterocycles. The van der Waals surface area contributed by atoms with E-state index in [1.807, 2.05) is 0 Å². The van der Waals surface area contributed by atoms with Gasteiger partial charge in [-0.3, -0.25) is 4.79 Å². The predicted octanol–water partition coefficient (Wildman–Crippen LogP) is 6.16. The van der Waals surface area contributed by atoms with Crippen LogP contribution >= 0.6 is 0 Å². The van der Waals surface area contributed by atoms with Gasteiger partial charge < -0.3 is 9.53 Å². The Bertz CT molecular complexity index is 310. The molecule has 0 aliphatic heterocycles. The summed E-state index contributed by atoms with van der Waals surface area (Å²) in [4.78, 5) is 21.0. The van der Waals surface area contributed by atoms with E-state index in [1.165, 1.54) is 77.0 Å². The Labute approximate surface area is 149 Å². The second-order valence-electron chi connectivity index (χ2n) is 6.53. The summed E-state index contributed by atoms with van der Waals surface area (Å²) in [5.74, 6) is -0.405. The fourth-order valence-corrected chi connectivity index (χ4v) is 2.66. The van der Waals surface area contributed by atoms with Crippen molar-refractivity contribution in [1.29, 1.82) is 0 Å². The highest BCUT2D eigenvalue weighted by Crippen LogP contribution is 2.10. The highest BCUT2D eigenvalue weighted by atomic mass is 16.5. The normalized spacial score (nSPS) is 11.0. The summed E-state index contributed by atoms with van der Waals surface area (Å²) in [6, 6.07) is 0. The lowest BCUT2D eigenvalue weighted by atomic mass is 10.1. The molecular formula is C21H38O3. The highest BCUT2D eigenvalue weighted by Gasteiger charge is 1.99. The van der Waals surface area contributed by atoms with Gasteiger partial charge in [-0.1, -0.05) is 76.9 Å². The highest BCUT2D eigenvalue weighted by molar-refractivity contribution is 5.83. The summed E-state index contributed by atoms with van der Waals surface area (Å²) in [7, 11) is 0. The molecule has 0 atom stereocenters. The molecule has 0 saturated carbocycles. The number of hydrogen-bond donors (Lipinski definition) is 0. The number of esters is 1. The van der Waals surface area contributed by atoms with Crippen molar-refractivity contribution in [3.8, 4) is 0 Å². The van der Waals surface area contributed by atoms with Gasteiger partial charge in [-0.15, -0.1) is 0 Å². The van der Waals surface area contributed by atoms with E-state index < -0.39 is 5.97 Å². The molecule has 0 aliphatic rings. The Morgan fingerprint density at radius 2 is 1.25 bits per heavy atom. The molecule has 0 unspecified atom stereocenters. The molecule has 0 aromatic rings.